The molecule has 6 heteroatoms. The zero-order valence-electron chi connectivity index (χ0n) is 39.3. The maximum atomic E-state index is 10.8. The molecule has 0 heterocycles. The van der Waals surface area contributed by atoms with Crippen molar-refractivity contribution in [2.45, 2.75) is 234 Å². The smallest absolute Gasteiger partial charge is 0.120 e. The Morgan fingerprint density at radius 2 is 1.05 bits per heavy atom. The van der Waals surface area contributed by atoms with E-state index in [1.807, 2.05) is 32.9 Å². The van der Waals surface area contributed by atoms with Crippen LogP contribution in [0.1, 0.15) is 234 Å². The first-order valence-corrected chi connectivity index (χ1v) is 25.8. The van der Waals surface area contributed by atoms with E-state index in [1.54, 1.807) is 0 Å². The highest BCUT2D eigenvalue weighted by Crippen LogP contribution is 2.21. The van der Waals surface area contributed by atoms with Gasteiger partial charge in [-0.2, -0.15) is 0 Å². The van der Waals surface area contributed by atoms with Crippen LogP contribution >= 0.6 is 8.58 Å². The molecular formula is C50H102N3O2P. The predicted octanol–water partition coefficient (Wildman–Crippen LogP) is 15.9. The third-order valence-corrected chi connectivity index (χ3v) is 11.2. The minimum Gasteiger partial charge on any atom is -0.387 e. The van der Waals surface area contributed by atoms with Crippen LogP contribution in [0.15, 0.2) is 28.9 Å². The summed E-state index contributed by atoms with van der Waals surface area (Å²) in [6, 6.07) is 0. The van der Waals surface area contributed by atoms with Gasteiger partial charge in [-0.05, 0) is 63.5 Å². The van der Waals surface area contributed by atoms with E-state index < -0.39 is 0 Å². The molecule has 1 N–H and O–H groups in total. The summed E-state index contributed by atoms with van der Waals surface area (Å²) in [6.45, 7) is 23.3. The zero-order chi connectivity index (χ0) is 41.8. The van der Waals surface area contributed by atoms with Gasteiger partial charge in [-0.15, -0.1) is 0 Å². The van der Waals surface area contributed by atoms with Gasteiger partial charge in [-0.25, -0.2) is 0 Å². The number of aliphatic imine (C=N–C) groups is 1. The fraction of sp³-hybridized carbons (Fsp3) is 0.880. The van der Waals surface area contributed by atoms with Crippen LogP contribution in [0.3, 0.4) is 0 Å². The lowest BCUT2D eigenvalue weighted by Gasteiger charge is -2.22. The van der Waals surface area contributed by atoms with Crippen LogP contribution in [0.2, 0.25) is 0 Å². The predicted molar refractivity (Wildman–Crippen MR) is 258 cm³/mol. The summed E-state index contributed by atoms with van der Waals surface area (Å²) < 4.78 is 5.64. The van der Waals surface area contributed by atoms with Crippen LogP contribution in [0.25, 0.3) is 0 Å². The van der Waals surface area contributed by atoms with Crippen LogP contribution in [-0.2, 0) is 9.53 Å². The maximum absolute atomic E-state index is 10.8. The first-order valence-electron chi connectivity index (χ1n) is 24.6. The van der Waals surface area contributed by atoms with E-state index in [2.05, 4.69) is 55.3 Å². The zero-order valence-corrected chi connectivity index (χ0v) is 40.3. The summed E-state index contributed by atoms with van der Waals surface area (Å²) in [6.07, 6.45) is 42.7. The Morgan fingerprint density at radius 3 is 1.55 bits per heavy atom. The van der Waals surface area contributed by atoms with Crippen molar-refractivity contribution in [3.8, 4) is 0 Å². The molecule has 0 aromatic rings. The van der Waals surface area contributed by atoms with Crippen molar-refractivity contribution in [1.29, 1.82) is 0 Å². The number of rotatable bonds is 43. The van der Waals surface area contributed by atoms with E-state index in [0.717, 1.165) is 44.6 Å². The molecule has 0 bridgehead atoms. The number of hydrogen-bond acceptors (Lipinski definition) is 5. The van der Waals surface area contributed by atoms with Gasteiger partial charge >= 0.3 is 0 Å². The molecule has 1 unspecified atom stereocenters. The number of allylic oxidation sites excluding steroid dienone is 1. The Morgan fingerprint density at radius 1 is 0.625 bits per heavy atom. The Kier molecular flexibility index (Phi) is 59.4. The molecule has 0 saturated carbocycles. The number of unbranched alkanes of at least 4 members (excludes halogenated alkanes) is 21. The van der Waals surface area contributed by atoms with E-state index >= 15 is 0 Å². The standard InChI is InChI=1S/C29H58N3OP.C19H38O.C2H6/c1-5-8-17-22-32(24-20-21-31-27-29(30-4)28-34-7-3)23-18-15-13-11-10-12-14-16-19-26-33-25-9-6-2;1-3-5-7-9-11-13-15-19(17-18-20)16-14-12-10-8-6-4-2;1-2/h7,27-28,30,34H,3,5-6,8-26H2,1-2,4H3;18-19H,3-17H2,1-2H3;1-2H3/b29-28+,31-27?;;. The van der Waals surface area contributed by atoms with Gasteiger partial charge in [0.25, 0.3) is 0 Å². The van der Waals surface area contributed by atoms with Crippen molar-refractivity contribution in [3.05, 3.63) is 23.9 Å². The fourth-order valence-corrected chi connectivity index (χ4v) is 7.38. The van der Waals surface area contributed by atoms with Crippen molar-refractivity contribution >= 4 is 21.1 Å². The molecule has 0 fully saturated rings. The molecule has 56 heavy (non-hydrogen) atoms. The number of carbonyl (C=O) groups is 1. The molecule has 0 amide bonds. The highest BCUT2D eigenvalue weighted by atomic mass is 31.1. The number of carbonyl (C=O) groups excluding carboxylic acids is 1. The highest BCUT2D eigenvalue weighted by Gasteiger charge is 2.08. The molecule has 0 aliphatic carbocycles. The molecule has 0 aliphatic heterocycles. The Labute approximate surface area is 355 Å². The van der Waals surface area contributed by atoms with Gasteiger partial charge in [0.15, 0.2) is 0 Å². The van der Waals surface area contributed by atoms with E-state index in [1.165, 1.54) is 199 Å². The summed E-state index contributed by atoms with van der Waals surface area (Å²) >= 11 is 0. The summed E-state index contributed by atoms with van der Waals surface area (Å²) in [5.74, 6) is 4.76. The number of nitrogens with one attached hydrogen (secondary N) is 1. The first-order chi connectivity index (χ1) is 27.6. The Hall–Kier alpha value is -1.03. The van der Waals surface area contributed by atoms with Crippen molar-refractivity contribution in [1.82, 2.24) is 10.2 Å². The largest absolute Gasteiger partial charge is 0.387 e. The van der Waals surface area contributed by atoms with Crippen LogP contribution in [0.4, 0.5) is 0 Å². The number of nitrogens with zero attached hydrogens (tertiary/aromatic N) is 2. The van der Waals surface area contributed by atoms with Crippen molar-refractivity contribution < 1.29 is 9.53 Å². The quantitative estimate of drug-likeness (QED) is 0.0289. The molecular weight excluding hydrogens is 706 g/mol. The molecule has 0 aromatic carbocycles. The van der Waals surface area contributed by atoms with Crippen LogP contribution in [0.5, 0.6) is 0 Å². The third-order valence-electron chi connectivity index (χ3n) is 10.5. The summed E-state index contributed by atoms with van der Waals surface area (Å²) in [5, 5.41) is 3.20. The normalized spacial score (nSPS) is 11.7. The maximum Gasteiger partial charge on any atom is 0.120 e. The van der Waals surface area contributed by atoms with Gasteiger partial charge in [0, 0.05) is 39.4 Å². The minimum absolute atomic E-state index is 0.643. The topological polar surface area (TPSA) is 53.9 Å². The molecule has 0 radical (unpaired) electrons. The van der Waals surface area contributed by atoms with Crippen LogP contribution < -0.4 is 5.32 Å². The third kappa shape index (κ3) is 51.0. The number of aldehydes is 1. The Balaban J connectivity index is -0.00000108. The lowest BCUT2D eigenvalue weighted by Crippen LogP contribution is -2.27. The SMILES string of the molecule is C=CP/C=C(\C=NCCCN(CCCCC)CCCCCCCCCCCOCCCC)NC.CC.CCCCCCCCC(CC=O)CCCCCCCC. The number of ether oxygens (including phenoxy) is 1. The van der Waals surface area contributed by atoms with Crippen molar-refractivity contribution in [2.24, 2.45) is 10.9 Å². The lowest BCUT2D eigenvalue weighted by molar-refractivity contribution is -0.108. The molecule has 0 aromatic heterocycles. The summed E-state index contributed by atoms with van der Waals surface area (Å²) in [7, 11) is 2.59. The van der Waals surface area contributed by atoms with Crippen LogP contribution in [-0.4, -0.2) is 63.8 Å². The molecule has 1 atom stereocenters. The van der Waals surface area contributed by atoms with Gasteiger partial charge in [0.1, 0.15) is 6.29 Å². The second-order valence-corrected chi connectivity index (χ2v) is 16.7. The van der Waals surface area contributed by atoms with Crippen LogP contribution in [0, 0.1) is 5.92 Å². The van der Waals surface area contributed by atoms with Crippen molar-refractivity contribution in [2.75, 3.05) is 46.4 Å². The van der Waals surface area contributed by atoms with E-state index in [0.29, 0.717) is 14.5 Å². The van der Waals surface area contributed by atoms with Gasteiger partial charge in [-0.3, -0.25) is 4.99 Å². The second-order valence-electron chi connectivity index (χ2n) is 15.7. The molecule has 0 spiro atoms. The van der Waals surface area contributed by atoms with E-state index in [-0.39, 0.29) is 0 Å². The minimum atomic E-state index is 0.643. The molecule has 0 aliphatic rings. The molecule has 5 nitrogen and oxygen atoms in total. The molecule has 0 saturated heterocycles. The van der Waals surface area contributed by atoms with Gasteiger partial charge in [-0.1, -0.05) is 217 Å². The Bertz CT molecular complexity index is 774. The lowest BCUT2D eigenvalue weighted by atomic mass is 9.92. The first kappa shape index (κ1) is 59.3. The summed E-state index contributed by atoms with van der Waals surface area (Å²) in [4.78, 5) is 18.1. The van der Waals surface area contributed by atoms with Gasteiger partial charge in [0.2, 0.25) is 0 Å². The average Bonchev–Trinajstić information content (AvgIpc) is 3.22. The van der Waals surface area contributed by atoms with Gasteiger partial charge in [0.05, 0.1) is 5.70 Å². The van der Waals surface area contributed by atoms with Gasteiger partial charge < -0.3 is 19.7 Å². The monoisotopic (exact) mass is 808 g/mol. The molecule has 334 valence electrons. The summed E-state index contributed by atoms with van der Waals surface area (Å²) in [5.41, 5.74) is 1.09. The number of hydrogen-bond donors (Lipinski definition) is 1. The fourth-order valence-electron chi connectivity index (χ4n) is 6.86. The van der Waals surface area contributed by atoms with E-state index in [4.69, 9.17) is 4.74 Å². The second kappa shape index (κ2) is 56.1. The average molecular weight is 808 g/mol. The highest BCUT2D eigenvalue weighted by molar-refractivity contribution is 7.45. The van der Waals surface area contributed by atoms with E-state index in [9.17, 15) is 4.79 Å². The molecule has 0 rings (SSSR count). The van der Waals surface area contributed by atoms with Crippen molar-refractivity contribution in [3.63, 3.8) is 0 Å².